The Balaban J connectivity index is 1.86. The fourth-order valence-corrected chi connectivity index (χ4v) is 4.87. The van der Waals surface area contributed by atoms with Gasteiger partial charge in [-0.3, -0.25) is 4.79 Å². The van der Waals surface area contributed by atoms with Gasteiger partial charge in [0.2, 0.25) is 0 Å². The van der Waals surface area contributed by atoms with Crippen LogP contribution in [0.4, 0.5) is 0 Å². The van der Waals surface area contributed by atoms with Crippen LogP contribution >= 0.6 is 11.3 Å². The van der Waals surface area contributed by atoms with E-state index >= 15 is 0 Å². The average Bonchev–Trinajstić information content (AvgIpc) is 2.92. The maximum Gasteiger partial charge on any atom is 0.157 e. The Morgan fingerprint density at radius 2 is 1.75 bits per heavy atom. The first-order chi connectivity index (χ1) is 11.3. The second-order valence-electron chi connectivity index (χ2n) is 6.28. The third-order valence-electron chi connectivity index (χ3n) is 4.13. The van der Waals surface area contributed by atoms with Gasteiger partial charge in [-0.05, 0) is 56.4 Å². The summed E-state index contributed by atoms with van der Waals surface area (Å²) in [4.78, 5) is 14.0. The first-order valence-corrected chi connectivity index (χ1v) is 10.9. The molecule has 0 amide bonds. The molecule has 2 rings (SSSR count). The molecule has 3 nitrogen and oxygen atoms in total. The number of Topliss-reactive ketones (excluding diaryl/α,β-unsaturated/α-hetero) is 1. The number of ketones is 1. The summed E-state index contributed by atoms with van der Waals surface area (Å²) in [5.74, 6) is -0.256. The minimum atomic E-state index is -3.29. The zero-order chi connectivity index (χ0) is 17.7. The molecule has 0 spiro atoms. The molecule has 1 aromatic heterocycles. The van der Waals surface area contributed by atoms with Crippen molar-refractivity contribution in [3.63, 3.8) is 0 Å². The van der Waals surface area contributed by atoms with Gasteiger partial charge in [0.05, 0.1) is 0 Å². The summed E-state index contributed by atoms with van der Waals surface area (Å²) in [5, 5.41) is -0.845. The zero-order valence-corrected chi connectivity index (χ0v) is 16.0. The van der Waals surface area contributed by atoms with Gasteiger partial charge in [0.1, 0.15) is 11.0 Å². The number of aryl methyl sites for hydroxylation is 2. The molecule has 1 atom stereocenters. The van der Waals surface area contributed by atoms with E-state index in [0.29, 0.717) is 6.42 Å². The lowest BCUT2D eigenvalue weighted by Gasteiger charge is -2.11. The first kappa shape index (κ1) is 18.9. The van der Waals surface area contributed by atoms with E-state index in [-0.39, 0.29) is 5.78 Å². The van der Waals surface area contributed by atoms with Crippen LogP contribution in [0.15, 0.2) is 36.4 Å². The molecule has 130 valence electrons. The van der Waals surface area contributed by atoms with Crippen LogP contribution < -0.4 is 0 Å². The Labute approximate surface area is 148 Å². The van der Waals surface area contributed by atoms with Crippen molar-refractivity contribution in [2.45, 2.75) is 44.8 Å². The van der Waals surface area contributed by atoms with Crippen molar-refractivity contribution in [3.8, 4) is 10.4 Å². The van der Waals surface area contributed by atoms with E-state index in [1.807, 2.05) is 0 Å². The van der Waals surface area contributed by atoms with E-state index < -0.39 is 15.1 Å². The molecule has 1 heterocycles. The fraction of sp³-hybridized carbons (Fsp3) is 0.421. The molecule has 24 heavy (non-hydrogen) atoms. The number of rotatable bonds is 8. The highest BCUT2D eigenvalue weighted by Gasteiger charge is 2.24. The van der Waals surface area contributed by atoms with Crippen molar-refractivity contribution < 1.29 is 13.2 Å². The number of sulfone groups is 1. The number of hydrogen-bond acceptors (Lipinski definition) is 4. The average molecular weight is 365 g/mol. The van der Waals surface area contributed by atoms with Crippen LogP contribution in [0.3, 0.4) is 0 Å². The maximum absolute atomic E-state index is 11.6. The number of carbonyl (C=O) groups is 1. The standard InChI is InChI=1S/C19H24O3S2/c1-14-8-13-18(23-14)17-11-9-16(10-12-17)6-4-5-7-19(15(2)20)24(3,21)22/h8-13,19H,4-7H2,1-3H3. The zero-order valence-electron chi connectivity index (χ0n) is 14.4. The lowest BCUT2D eigenvalue weighted by molar-refractivity contribution is -0.116. The van der Waals surface area contributed by atoms with Crippen LogP contribution in [-0.4, -0.2) is 25.7 Å². The molecule has 0 bridgehead atoms. The maximum atomic E-state index is 11.6. The van der Waals surface area contributed by atoms with E-state index in [4.69, 9.17) is 0 Å². The van der Waals surface area contributed by atoms with Crippen LogP contribution in [0.2, 0.25) is 0 Å². The Bertz CT molecular complexity index is 786. The lowest BCUT2D eigenvalue weighted by Crippen LogP contribution is -2.27. The van der Waals surface area contributed by atoms with Crippen LogP contribution in [0.1, 0.15) is 36.6 Å². The number of carbonyl (C=O) groups excluding carboxylic acids is 1. The summed E-state index contributed by atoms with van der Waals surface area (Å²) in [6.45, 7) is 3.46. The van der Waals surface area contributed by atoms with Crippen molar-refractivity contribution in [3.05, 3.63) is 46.8 Å². The van der Waals surface area contributed by atoms with Gasteiger partial charge in [0.15, 0.2) is 9.84 Å². The Morgan fingerprint density at radius 1 is 1.08 bits per heavy atom. The third-order valence-corrected chi connectivity index (χ3v) is 6.78. The number of thiophene rings is 1. The van der Waals surface area contributed by atoms with Crippen LogP contribution in [0.25, 0.3) is 10.4 Å². The van der Waals surface area contributed by atoms with Crippen molar-refractivity contribution >= 4 is 27.0 Å². The van der Waals surface area contributed by atoms with Gasteiger partial charge < -0.3 is 0 Å². The number of benzene rings is 1. The fourth-order valence-electron chi connectivity index (χ4n) is 2.80. The van der Waals surface area contributed by atoms with E-state index in [2.05, 4.69) is 43.3 Å². The molecule has 5 heteroatoms. The van der Waals surface area contributed by atoms with Gasteiger partial charge in [-0.25, -0.2) is 8.42 Å². The molecular formula is C19H24O3S2. The van der Waals surface area contributed by atoms with E-state index in [9.17, 15) is 13.2 Å². The molecule has 0 radical (unpaired) electrons. The van der Waals surface area contributed by atoms with Gasteiger partial charge in [-0.1, -0.05) is 30.7 Å². The Morgan fingerprint density at radius 3 is 2.25 bits per heavy atom. The molecule has 0 N–H and O–H groups in total. The molecule has 0 aliphatic carbocycles. The molecule has 0 aliphatic rings. The Kier molecular flexibility index (Phi) is 6.35. The van der Waals surface area contributed by atoms with Crippen LogP contribution in [0, 0.1) is 6.92 Å². The quantitative estimate of drug-likeness (QED) is 0.651. The monoisotopic (exact) mass is 364 g/mol. The van der Waals surface area contributed by atoms with Crippen molar-refractivity contribution in [1.82, 2.24) is 0 Å². The minimum Gasteiger partial charge on any atom is -0.299 e. The van der Waals surface area contributed by atoms with Crippen LogP contribution in [0.5, 0.6) is 0 Å². The van der Waals surface area contributed by atoms with Gasteiger partial charge in [0, 0.05) is 16.0 Å². The summed E-state index contributed by atoms with van der Waals surface area (Å²) < 4.78 is 23.2. The smallest absolute Gasteiger partial charge is 0.157 e. The summed E-state index contributed by atoms with van der Waals surface area (Å²) in [5.41, 5.74) is 2.47. The normalized spacial score (nSPS) is 13.0. The third kappa shape index (κ3) is 5.28. The number of unbranched alkanes of at least 4 members (excludes halogenated alkanes) is 1. The predicted octanol–water partition coefficient (Wildman–Crippen LogP) is 4.44. The predicted molar refractivity (Wildman–Crippen MR) is 101 cm³/mol. The molecule has 0 saturated heterocycles. The highest BCUT2D eigenvalue weighted by Crippen LogP contribution is 2.28. The van der Waals surface area contributed by atoms with E-state index in [1.165, 1.54) is 27.8 Å². The first-order valence-electron chi connectivity index (χ1n) is 8.12. The molecule has 1 unspecified atom stereocenters. The van der Waals surface area contributed by atoms with Crippen molar-refractivity contribution in [2.24, 2.45) is 0 Å². The van der Waals surface area contributed by atoms with Gasteiger partial charge in [-0.15, -0.1) is 11.3 Å². The van der Waals surface area contributed by atoms with Crippen LogP contribution in [-0.2, 0) is 21.1 Å². The number of hydrogen-bond donors (Lipinski definition) is 0. The van der Waals surface area contributed by atoms with E-state index in [0.717, 1.165) is 25.5 Å². The van der Waals surface area contributed by atoms with Gasteiger partial charge in [0.25, 0.3) is 0 Å². The largest absolute Gasteiger partial charge is 0.299 e. The summed E-state index contributed by atoms with van der Waals surface area (Å²) in [6, 6.07) is 12.8. The van der Waals surface area contributed by atoms with Gasteiger partial charge in [-0.2, -0.15) is 0 Å². The van der Waals surface area contributed by atoms with Gasteiger partial charge >= 0.3 is 0 Å². The van der Waals surface area contributed by atoms with E-state index in [1.54, 1.807) is 11.3 Å². The summed E-state index contributed by atoms with van der Waals surface area (Å²) in [7, 11) is -3.29. The summed E-state index contributed by atoms with van der Waals surface area (Å²) in [6.07, 6.45) is 4.09. The molecule has 0 fully saturated rings. The van der Waals surface area contributed by atoms with Crippen molar-refractivity contribution in [2.75, 3.05) is 6.26 Å². The molecule has 2 aromatic rings. The highest BCUT2D eigenvalue weighted by molar-refractivity contribution is 7.92. The van der Waals surface area contributed by atoms with Crippen molar-refractivity contribution in [1.29, 1.82) is 0 Å². The molecule has 0 aliphatic heterocycles. The topological polar surface area (TPSA) is 51.2 Å². The molecule has 0 saturated carbocycles. The highest BCUT2D eigenvalue weighted by atomic mass is 32.2. The Hall–Kier alpha value is -1.46. The second-order valence-corrected chi connectivity index (χ2v) is 9.80. The minimum absolute atomic E-state index is 0.256. The summed E-state index contributed by atoms with van der Waals surface area (Å²) >= 11 is 1.79. The molecule has 1 aromatic carbocycles. The lowest BCUT2D eigenvalue weighted by atomic mass is 10.0. The SMILES string of the molecule is CC(=O)C(CCCCc1ccc(-c2ccc(C)s2)cc1)S(C)(=O)=O. The second kappa shape index (κ2) is 8.08. The molecular weight excluding hydrogens is 340 g/mol.